The van der Waals surface area contributed by atoms with E-state index in [1.165, 1.54) is 11.3 Å². The number of aryl methyl sites for hydroxylation is 1. The summed E-state index contributed by atoms with van der Waals surface area (Å²) in [5.74, 6) is 0.549. The molecule has 0 saturated carbocycles. The number of hydrogen-bond donors (Lipinski definition) is 3. The highest BCUT2D eigenvalue weighted by molar-refractivity contribution is 7.14. The summed E-state index contributed by atoms with van der Waals surface area (Å²) in [7, 11) is 0. The van der Waals surface area contributed by atoms with E-state index >= 15 is 0 Å². The first kappa shape index (κ1) is 15.9. The summed E-state index contributed by atoms with van der Waals surface area (Å²) in [6, 6.07) is 8.97. The van der Waals surface area contributed by atoms with E-state index in [0.29, 0.717) is 10.6 Å². The lowest BCUT2D eigenvalue weighted by Crippen LogP contribution is -2.26. The number of thiophene rings is 1. The van der Waals surface area contributed by atoms with Crippen LogP contribution in [0.5, 0.6) is 5.75 Å². The van der Waals surface area contributed by atoms with Gasteiger partial charge in [0, 0.05) is 11.1 Å². The monoisotopic (exact) mass is 369 g/mol. The molecule has 0 aliphatic carbocycles. The highest BCUT2D eigenvalue weighted by atomic mass is 32.1. The Morgan fingerprint density at radius 3 is 2.76 bits per heavy atom. The van der Waals surface area contributed by atoms with Gasteiger partial charge in [0.15, 0.2) is 0 Å². The van der Waals surface area contributed by atoms with E-state index in [4.69, 9.17) is 5.41 Å². The Balaban J connectivity index is 1.67. The second kappa shape index (κ2) is 6.02. The van der Waals surface area contributed by atoms with Crippen molar-refractivity contribution in [1.29, 1.82) is 5.41 Å². The SMILES string of the molecule is Cc1cc(O)ccc1N1CC(O)=C(c2nc(-c3cccs3)cs2)C1=N. The summed E-state index contributed by atoms with van der Waals surface area (Å²) in [4.78, 5) is 7.40. The normalized spacial score (nSPS) is 14.6. The number of anilines is 1. The number of thiazole rings is 1. The Morgan fingerprint density at radius 1 is 1.20 bits per heavy atom. The van der Waals surface area contributed by atoms with Crippen LogP contribution in [0.25, 0.3) is 16.1 Å². The number of rotatable bonds is 3. The first-order valence-corrected chi connectivity index (χ1v) is 9.38. The fraction of sp³-hybridized carbons (Fsp3) is 0.111. The van der Waals surface area contributed by atoms with Crippen molar-refractivity contribution in [3.63, 3.8) is 0 Å². The van der Waals surface area contributed by atoms with E-state index in [9.17, 15) is 10.2 Å². The number of benzene rings is 1. The average Bonchev–Trinajstić information content (AvgIpc) is 3.28. The summed E-state index contributed by atoms with van der Waals surface area (Å²) in [6.07, 6.45) is 0. The number of aliphatic hydroxyl groups excluding tert-OH is 1. The van der Waals surface area contributed by atoms with E-state index in [-0.39, 0.29) is 23.9 Å². The standard InChI is InChI=1S/C18H15N3O2S2/c1-10-7-11(22)4-5-13(10)21-8-14(23)16(17(21)19)18-20-12(9-25-18)15-3-2-6-24-15/h2-7,9,19,22-23H,8H2,1H3. The molecule has 3 N–H and O–H groups in total. The van der Waals surface area contributed by atoms with Gasteiger partial charge in [-0.25, -0.2) is 4.98 Å². The van der Waals surface area contributed by atoms with Crippen molar-refractivity contribution < 1.29 is 10.2 Å². The molecule has 0 radical (unpaired) electrons. The number of aromatic nitrogens is 1. The van der Waals surface area contributed by atoms with Crippen LogP contribution in [0.3, 0.4) is 0 Å². The molecule has 25 heavy (non-hydrogen) atoms. The minimum atomic E-state index is 0.143. The van der Waals surface area contributed by atoms with E-state index in [1.807, 2.05) is 29.8 Å². The van der Waals surface area contributed by atoms with Crippen LogP contribution in [-0.4, -0.2) is 27.6 Å². The zero-order valence-corrected chi connectivity index (χ0v) is 15.0. The van der Waals surface area contributed by atoms with Crippen molar-refractivity contribution in [2.24, 2.45) is 0 Å². The molecule has 5 nitrogen and oxygen atoms in total. The van der Waals surface area contributed by atoms with Gasteiger partial charge in [0.25, 0.3) is 0 Å². The molecule has 0 spiro atoms. The Bertz CT molecular complexity index is 990. The average molecular weight is 369 g/mol. The number of aliphatic hydroxyl groups is 1. The second-order valence-corrected chi connectivity index (χ2v) is 7.55. The lowest BCUT2D eigenvalue weighted by molar-refractivity contribution is 0.411. The fourth-order valence-corrected chi connectivity index (χ4v) is 4.53. The topological polar surface area (TPSA) is 80.4 Å². The van der Waals surface area contributed by atoms with E-state index in [1.54, 1.807) is 34.4 Å². The molecule has 126 valence electrons. The van der Waals surface area contributed by atoms with Crippen molar-refractivity contribution in [3.05, 3.63) is 57.4 Å². The first-order chi connectivity index (χ1) is 12.0. The van der Waals surface area contributed by atoms with Crippen molar-refractivity contribution in [1.82, 2.24) is 4.98 Å². The van der Waals surface area contributed by atoms with E-state index < -0.39 is 0 Å². The molecular formula is C18H15N3O2S2. The number of nitrogens with one attached hydrogen (secondary N) is 1. The van der Waals surface area contributed by atoms with Crippen LogP contribution in [0, 0.1) is 12.3 Å². The zero-order chi connectivity index (χ0) is 17.6. The lowest BCUT2D eigenvalue weighted by Gasteiger charge is -2.20. The quantitative estimate of drug-likeness (QED) is 0.628. The molecule has 7 heteroatoms. The number of nitrogens with zero attached hydrogens (tertiary/aromatic N) is 2. The predicted molar refractivity (Wildman–Crippen MR) is 103 cm³/mol. The maximum atomic E-state index is 10.4. The molecule has 1 aliphatic rings. The minimum absolute atomic E-state index is 0.143. The van der Waals surface area contributed by atoms with Gasteiger partial charge in [-0.1, -0.05) is 6.07 Å². The number of hydrogen-bond acceptors (Lipinski definition) is 6. The third-order valence-corrected chi connectivity index (χ3v) is 5.82. The molecule has 4 rings (SSSR count). The molecule has 0 bridgehead atoms. The first-order valence-electron chi connectivity index (χ1n) is 7.62. The van der Waals surface area contributed by atoms with Crippen LogP contribution in [0.15, 0.2) is 46.9 Å². The predicted octanol–water partition coefficient (Wildman–Crippen LogP) is 4.65. The Kier molecular flexibility index (Phi) is 3.82. The molecule has 0 saturated heterocycles. The van der Waals surface area contributed by atoms with Gasteiger partial charge in [-0.2, -0.15) is 0 Å². The van der Waals surface area contributed by atoms with Crippen LogP contribution in [0.2, 0.25) is 0 Å². The number of aromatic hydroxyl groups is 1. The number of amidine groups is 1. The highest BCUT2D eigenvalue weighted by Gasteiger charge is 2.32. The molecule has 0 atom stereocenters. The molecule has 0 amide bonds. The molecule has 0 fully saturated rings. The Hall–Kier alpha value is -2.64. The summed E-state index contributed by atoms with van der Waals surface area (Å²) in [5, 5.41) is 33.1. The Labute approximate surface area is 152 Å². The second-order valence-electron chi connectivity index (χ2n) is 5.74. The maximum absolute atomic E-state index is 10.4. The van der Waals surface area contributed by atoms with Gasteiger partial charge in [-0.3, -0.25) is 5.41 Å². The van der Waals surface area contributed by atoms with Gasteiger partial charge in [0.05, 0.1) is 22.7 Å². The van der Waals surface area contributed by atoms with Gasteiger partial charge < -0.3 is 15.1 Å². The smallest absolute Gasteiger partial charge is 0.139 e. The van der Waals surface area contributed by atoms with Crippen LogP contribution in [0.1, 0.15) is 10.6 Å². The summed E-state index contributed by atoms with van der Waals surface area (Å²) >= 11 is 3.04. The molecule has 1 aliphatic heterocycles. The summed E-state index contributed by atoms with van der Waals surface area (Å²) in [5.41, 5.74) is 2.97. The van der Waals surface area contributed by atoms with Gasteiger partial charge >= 0.3 is 0 Å². The molecule has 0 unspecified atom stereocenters. The van der Waals surface area contributed by atoms with Gasteiger partial charge in [-0.05, 0) is 42.1 Å². The van der Waals surface area contributed by atoms with E-state index in [0.717, 1.165) is 21.8 Å². The zero-order valence-electron chi connectivity index (χ0n) is 13.4. The van der Waals surface area contributed by atoms with Crippen LogP contribution in [0.4, 0.5) is 5.69 Å². The van der Waals surface area contributed by atoms with Gasteiger partial charge in [0.2, 0.25) is 0 Å². The summed E-state index contributed by atoms with van der Waals surface area (Å²) in [6.45, 7) is 2.10. The third kappa shape index (κ3) is 2.71. The lowest BCUT2D eigenvalue weighted by atomic mass is 10.1. The highest BCUT2D eigenvalue weighted by Crippen LogP contribution is 2.36. The van der Waals surface area contributed by atoms with Crippen LogP contribution in [-0.2, 0) is 0 Å². The maximum Gasteiger partial charge on any atom is 0.139 e. The van der Waals surface area contributed by atoms with Crippen molar-refractivity contribution in [2.75, 3.05) is 11.4 Å². The summed E-state index contributed by atoms with van der Waals surface area (Å²) < 4.78 is 0. The van der Waals surface area contributed by atoms with Crippen molar-refractivity contribution in [2.45, 2.75) is 6.92 Å². The largest absolute Gasteiger partial charge is 0.510 e. The van der Waals surface area contributed by atoms with Crippen LogP contribution >= 0.6 is 22.7 Å². The Morgan fingerprint density at radius 2 is 2.04 bits per heavy atom. The van der Waals surface area contributed by atoms with E-state index in [2.05, 4.69) is 4.98 Å². The fourth-order valence-electron chi connectivity index (χ4n) is 2.88. The van der Waals surface area contributed by atoms with Crippen molar-refractivity contribution >= 4 is 39.8 Å². The van der Waals surface area contributed by atoms with Crippen LogP contribution < -0.4 is 4.90 Å². The minimum Gasteiger partial charge on any atom is -0.510 e. The molecule has 3 aromatic rings. The number of phenols is 1. The number of phenolic OH excluding ortho intramolecular Hbond substituents is 1. The molecule has 2 aromatic heterocycles. The molecule has 3 heterocycles. The van der Waals surface area contributed by atoms with Gasteiger partial charge in [0.1, 0.15) is 22.4 Å². The van der Waals surface area contributed by atoms with Gasteiger partial charge in [-0.15, -0.1) is 22.7 Å². The third-order valence-electron chi connectivity index (χ3n) is 4.07. The molecular weight excluding hydrogens is 354 g/mol. The van der Waals surface area contributed by atoms with Crippen molar-refractivity contribution in [3.8, 4) is 16.3 Å². The molecule has 1 aromatic carbocycles.